The number of benzene rings is 2. The van der Waals surface area contributed by atoms with Crippen molar-refractivity contribution < 1.29 is 4.79 Å². The lowest BCUT2D eigenvalue weighted by molar-refractivity contribution is -0.115. The van der Waals surface area contributed by atoms with Crippen molar-refractivity contribution in [1.29, 1.82) is 0 Å². The van der Waals surface area contributed by atoms with Crippen molar-refractivity contribution in [3.05, 3.63) is 63.6 Å². The second-order valence-electron chi connectivity index (χ2n) is 5.14. The maximum Gasteiger partial charge on any atom is 0.237 e. The van der Waals surface area contributed by atoms with E-state index in [0.717, 1.165) is 10.0 Å². The summed E-state index contributed by atoms with van der Waals surface area (Å²) in [7, 11) is 0. The highest BCUT2D eigenvalue weighted by molar-refractivity contribution is 8.02. The average Bonchev–Trinajstić information content (AvgIpc) is 2.98. The molecule has 1 aromatic heterocycles. The number of halogens is 1. The molecule has 0 aliphatic rings. The lowest BCUT2D eigenvalue weighted by Crippen LogP contribution is -2.22. The number of para-hydroxylation sites is 1. The van der Waals surface area contributed by atoms with E-state index < -0.39 is 0 Å². The first-order chi connectivity index (χ1) is 12.0. The number of carbonyl (C=O) groups excluding carboxylic acids is 1. The van der Waals surface area contributed by atoms with Crippen LogP contribution in [0.5, 0.6) is 0 Å². The fourth-order valence-corrected chi connectivity index (χ4v) is 4.65. The molecule has 1 amide bonds. The monoisotopic (exact) mass is 407 g/mol. The summed E-state index contributed by atoms with van der Waals surface area (Å²) in [5.74, 6) is -0.0975. The number of carbonyl (C=O) groups is 1. The van der Waals surface area contributed by atoms with Crippen LogP contribution < -0.4 is 5.32 Å². The Labute approximate surface area is 163 Å². The van der Waals surface area contributed by atoms with Gasteiger partial charge in [-0.2, -0.15) is 0 Å². The van der Waals surface area contributed by atoms with E-state index >= 15 is 0 Å². The van der Waals surface area contributed by atoms with Gasteiger partial charge in [-0.1, -0.05) is 52.9 Å². The Morgan fingerprint density at radius 2 is 1.92 bits per heavy atom. The molecule has 0 saturated heterocycles. The van der Waals surface area contributed by atoms with Crippen LogP contribution in [0.4, 0.5) is 5.69 Å². The van der Waals surface area contributed by atoms with E-state index in [9.17, 15) is 4.79 Å². The number of hydrogen-bond donors (Lipinski definition) is 1. The Bertz CT molecular complexity index is 922. The normalized spacial score (nSPS) is 11.9. The summed E-state index contributed by atoms with van der Waals surface area (Å²) < 4.78 is 3.12. The number of amides is 1. The fraction of sp³-hybridized carbons (Fsp3) is 0.118. The van der Waals surface area contributed by atoms with Gasteiger partial charge < -0.3 is 5.32 Å². The Kier molecular flexibility index (Phi) is 5.90. The zero-order chi connectivity index (χ0) is 17.8. The quantitative estimate of drug-likeness (QED) is 0.452. The zero-order valence-corrected chi connectivity index (χ0v) is 16.4. The van der Waals surface area contributed by atoms with Crippen molar-refractivity contribution in [1.82, 2.24) is 9.78 Å². The number of hydrogen-bond acceptors (Lipinski definition) is 5. The molecule has 0 spiro atoms. The van der Waals surface area contributed by atoms with Crippen LogP contribution in [-0.2, 0) is 4.79 Å². The molecule has 1 heterocycles. The lowest BCUT2D eigenvalue weighted by atomic mass is 10.3. The van der Waals surface area contributed by atoms with Crippen LogP contribution >= 0.6 is 46.9 Å². The predicted octanol–water partition coefficient (Wildman–Crippen LogP) is 5.44. The van der Waals surface area contributed by atoms with Crippen LogP contribution in [0, 0.1) is 3.95 Å². The first-order valence-electron chi connectivity index (χ1n) is 7.41. The van der Waals surface area contributed by atoms with Crippen molar-refractivity contribution in [2.45, 2.75) is 16.5 Å². The Hall–Kier alpha value is -1.67. The van der Waals surface area contributed by atoms with Crippen molar-refractivity contribution in [2.75, 3.05) is 5.32 Å². The van der Waals surface area contributed by atoms with Gasteiger partial charge in [0.15, 0.2) is 8.29 Å². The van der Waals surface area contributed by atoms with E-state index in [2.05, 4.69) is 10.4 Å². The van der Waals surface area contributed by atoms with Crippen molar-refractivity contribution >= 4 is 58.5 Å². The highest BCUT2D eigenvalue weighted by Crippen LogP contribution is 2.28. The maximum atomic E-state index is 12.3. The summed E-state index contributed by atoms with van der Waals surface area (Å²) in [5, 5.41) is 7.71. The molecular formula is C17H14ClN3OS3. The third-order valence-corrected chi connectivity index (χ3v) is 5.96. The van der Waals surface area contributed by atoms with Crippen LogP contribution in [-0.4, -0.2) is 20.9 Å². The molecule has 8 heteroatoms. The first kappa shape index (κ1) is 18.1. The van der Waals surface area contributed by atoms with Gasteiger partial charge in [0.25, 0.3) is 0 Å². The molecule has 0 bridgehead atoms. The summed E-state index contributed by atoms with van der Waals surface area (Å²) in [6.45, 7) is 1.84. The van der Waals surface area contributed by atoms with Gasteiger partial charge in [0.05, 0.1) is 10.9 Å². The third kappa shape index (κ3) is 4.70. The van der Waals surface area contributed by atoms with Crippen LogP contribution in [0.15, 0.2) is 58.9 Å². The van der Waals surface area contributed by atoms with Crippen molar-refractivity contribution in [3.63, 3.8) is 0 Å². The van der Waals surface area contributed by atoms with Gasteiger partial charge in [0.2, 0.25) is 5.91 Å². The molecule has 0 aliphatic carbocycles. The van der Waals surface area contributed by atoms with E-state index in [1.807, 2.05) is 37.3 Å². The number of thioether (sulfide) groups is 1. The Morgan fingerprint density at radius 3 is 2.60 bits per heavy atom. The zero-order valence-electron chi connectivity index (χ0n) is 13.2. The van der Waals surface area contributed by atoms with Gasteiger partial charge in [-0.3, -0.25) is 4.79 Å². The van der Waals surface area contributed by atoms with Crippen LogP contribution in [0.2, 0.25) is 5.02 Å². The summed E-state index contributed by atoms with van der Waals surface area (Å²) >= 11 is 14.0. The smallest absolute Gasteiger partial charge is 0.237 e. The molecule has 3 rings (SSSR count). The topological polar surface area (TPSA) is 46.9 Å². The highest BCUT2D eigenvalue weighted by Gasteiger charge is 2.17. The molecule has 3 aromatic rings. The van der Waals surface area contributed by atoms with E-state index in [0.29, 0.717) is 14.7 Å². The van der Waals surface area contributed by atoms with E-state index in [4.69, 9.17) is 23.8 Å². The van der Waals surface area contributed by atoms with Gasteiger partial charge in [-0.15, -0.1) is 5.10 Å². The minimum Gasteiger partial charge on any atom is -0.325 e. The second-order valence-corrected chi connectivity index (χ2v) is 8.78. The molecule has 25 heavy (non-hydrogen) atoms. The SMILES string of the molecule is C[C@H](Sc1nn(-c2ccccc2)c(=S)s1)C(=O)Nc1ccc(Cl)cc1. The maximum absolute atomic E-state index is 12.3. The molecule has 0 aliphatic heterocycles. The van der Waals surface area contributed by atoms with E-state index in [1.54, 1.807) is 28.9 Å². The molecule has 2 aromatic carbocycles. The molecule has 0 radical (unpaired) electrons. The number of nitrogens with one attached hydrogen (secondary N) is 1. The predicted molar refractivity (Wildman–Crippen MR) is 108 cm³/mol. The van der Waals surface area contributed by atoms with E-state index in [1.165, 1.54) is 23.1 Å². The largest absolute Gasteiger partial charge is 0.325 e. The summed E-state index contributed by atoms with van der Waals surface area (Å²) in [4.78, 5) is 12.3. The Morgan fingerprint density at radius 1 is 1.24 bits per heavy atom. The van der Waals surface area contributed by atoms with Gasteiger partial charge in [0.1, 0.15) is 0 Å². The van der Waals surface area contributed by atoms with Crippen LogP contribution in [0.1, 0.15) is 6.92 Å². The van der Waals surface area contributed by atoms with Crippen LogP contribution in [0.3, 0.4) is 0 Å². The fourth-order valence-electron chi connectivity index (χ4n) is 2.02. The summed E-state index contributed by atoms with van der Waals surface area (Å²) in [5.41, 5.74) is 1.62. The summed E-state index contributed by atoms with van der Waals surface area (Å²) in [6, 6.07) is 16.7. The second kappa shape index (κ2) is 8.14. The van der Waals surface area contributed by atoms with E-state index in [-0.39, 0.29) is 11.2 Å². The number of nitrogens with zero attached hydrogens (tertiary/aromatic N) is 2. The van der Waals surface area contributed by atoms with Crippen LogP contribution in [0.25, 0.3) is 5.69 Å². The lowest BCUT2D eigenvalue weighted by Gasteiger charge is -2.10. The van der Waals surface area contributed by atoms with Crippen molar-refractivity contribution in [2.24, 2.45) is 0 Å². The molecular weight excluding hydrogens is 394 g/mol. The standard InChI is InChI=1S/C17H14ClN3OS3/c1-11(15(22)19-13-9-7-12(18)8-10-13)24-16-20-21(17(23)25-16)14-5-3-2-4-6-14/h2-11H,1H3,(H,19,22)/t11-/m0/s1. The first-order valence-corrected chi connectivity index (χ1v) is 9.90. The molecule has 1 N–H and O–H groups in total. The molecule has 0 saturated carbocycles. The molecule has 0 unspecified atom stereocenters. The van der Waals surface area contributed by atoms with Gasteiger partial charge in [-0.05, 0) is 55.5 Å². The minimum atomic E-state index is -0.305. The number of aromatic nitrogens is 2. The molecule has 128 valence electrons. The molecule has 4 nitrogen and oxygen atoms in total. The average molecular weight is 408 g/mol. The summed E-state index contributed by atoms with van der Waals surface area (Å²) in [6.07, 6.45) is 0. The highest BCUT2D eigenvalue weighted by atomic mass is 35.5. The third-order valence-electron chi connectivity index (χ3n) is 3.29. The van der Waals surface area contributed by atoms with Crippen molar-refractivity contribution in [3.8, 4) is 5.69 Å². The molecule has 0 fully saturated rings. The molecule has 1 atom stereocenters. The minimum absolute atomic E-state index is 0.0975. The Balaban J connectivity index is 1.68. The number of anilines is 1. The van der Waals surface area contributed by atoms with Gasteiger partial charge in [0, 0.05) is 10.7 Å². The van der Waals surface area contributed by atoms with Gasteiger partial charge >= 0.3 is 0 Å². The number of rotatable bonds is 5. The van der Waals surface area contributed by atoms with Gasteiger partial charge in [-0.25, -0.2) is 4.68 Å².